The van der Waals surface area contributed by atoms with E-state index < -0.39 is 17.3 Å². The number of carbonyl (C=O) groups is 1. The van der Waals surface area contributed by atoms with Gasteiger partial charge in [-0.15, -0.1) is 0 Å². The predicted octanol–water partition coefficient (Wildman–Crippen LogP) is 2.14. The Bertz CT molecular complexity index is 964. The van der Waals surface area contributed by atoms with Gasteiger partial charge in [-0.2, -0.15) is 0 Å². The molecule has 3 rings (SSSR count). The summed E-state index contributed by atoms with van der Waals surface area (Å²) in [5, 5.41) is 14.9. The van der Waals surface area contributed by atoms with Crippen molar-refractivity contribution in [3.63, 3.8) is 0 Å². The summed E-state index contributed by atoms with van der Waals surface area (Å²) in [7, 11) is 0. The first-order valence-electron chi connectivity index (χ1n) is 8.53. The van der Waals surface area contributed by atoms with Crippen molar-refractivity contribution in [1.82, 2.24) is 0 Å². The molecule has 0 radical (unpaired) electrons. The smallest absolute Gasteiger partial charge is 0.229 e. The molecule has 26 heavy (non-hydrogen) atoms. The molecule has 2 N–H and O–H groups in total. The van der Waals surface area contributed by atoms with Gasteiger partial charge < -0.3 is 10.4 Å². The Hall–Kier alpha value is -2.60. The molecule has 0 spiro atoms. The van der Waals surface area contributed by atoms with E-state index in [9.17, 15) is 14.3 Å². The molecule has 0 fully saturated rings. The molecular formula is C20H22FN3O2. The highest BCUT2D eigenvalue weighted by Crippen LogP contribution is 2.27. The van der Waals surface area contributed by atoms with E-state index in [0.717, 1.165) is 5.36 Å². The molecule has 1 unspecified atom stereocenters. The molecule has 1 aliphatic rings. The number of nitrogens with zero attached hydrogens (tertiary/aromatic N) is 2. The minimum absolute atomic E-state index is 0.101. The number of carbonyl (C=O) groups excluding carboxylic acids is 1. The zero-order valence-corrected chi connectivity index (χ0v) is 15.1. The van der Waals surface area contributed by atoms with Gasteiger partial charge in [0.2, 0.25) is 5.91 Å². The van der Waals surface area contributed by atoms with Crippen molar-refractivity contribution >= 4 is 11.6 Å². The summed E-state index contributed by atoms with van der Waals surface area (Å²) in [4.78, 5) is 20.9. The Kier molecular flexibility index (Phi) is 4.87. The van der Waals surface area contributed by atoms with E-state index in [-0.39, 0.29) is 11.5 Å². The number of fused-ring (bicyclic) bond motifs is 1. The van der Waals surface area contributed by atoms with E-state index in [1.54, 1.807) is 39.0 Å². The molecule has 1 aliphatic heterocycles. The van der Waals surface area contributed by atoms with Crippen LogP contribution in [0.5, 0.6) is 0 Å². The van der Waals surface area contributed by atoms with Crippen molar-refractivity contribution in [3.05, 3.63) is 64.1 Å². The average molecular weight is 355 g/mol. The van der Waals surface area contributed by atoms with E-state index in [4.69, 9.17) is 0 Å². The maximum atomic E-state index is 14.3. The van der Waals surface area contributed by atoms with Gasteiger partial charge in [0.25, 0.3) is 0 Å². The summed E-state index contributed by atoms with van der Waals surface area (Å²) in [5.74, 6) is -0.718. The number of aliphatic hydroxyl groups excluding tert-OH is 1. The number of nitrogens with one attached hydrogen (secondary N) is 1. The molecule has 0 saturated heterocycles. The van der Waals surface area contributed by atoms with Crippen LogP contribution in [0, 0.1) is 11.2 Å². The van der Waals surface area contributed by atoms with Crippen molar-refractivity contribution in [2.45, 2.75) is 26.9 Å². The van der Waals surface area contributed by atoms with Gasteiger partial charge in [-0.25, -0.2) is 4.39 Å². The van der Waals surface area contributed by atoms with E-state index in [1.165, 1.54) is 18.2 Å². The number of hydrogen-bond donors (Lipinski definition) is 2. The molecule has 1 amide bonds. The second-order valence-electron chi connectivity index (χ2n) is 7.35. The summed E-state index contributed by atoms with van der Waals surface area (Å²) in [6.45, 7) is 6.64. The van der Waals surface area contributed by atoms with Crippen molar-refractivity contribution in [1.29, 1.82) is 0 Å². The van der Waals surface area contributed by atoms with Crippen molar-refractivity contribution in [2.24, 2.45) is 15.4 Å². The number of hydrogen-bond acceptors (Lipinski definition) is 4. The van der Waals surface area contributed by atoms with Gasteiger partial charge in [-0.1, -0.05) is 26.8 Å². The second-order valence-corrected chi connectivity index (χ2v) is 7.35. The summed E-state index contributed by atoms with van der Waals surface area (Å²) in [5.41, 5.74) is 0.502. The number of benzene rings is 2. The molecule has 1 atom stereocenters. The fourth-order valence-electron chi connectivity index (χ4n) is 2.64. The van der Waals surface area contributed by atoms with Crippen LogP contribution in [0.15, 0.2) is 46.4 Å². The highest BCUT2D eigenvalue weighted by atomic mass is 19.1. The fourth-order valence-corrected chi connectivity index (χ4v) is 2.64. The molecule has 5 nitrogen and oxygen atoms in total. The molecule has 2 aromatic carbocycles. The van der Waals surface area contributed by atoms with Crippen LogP contribution in [-0.2, 0) is 4.79 Å². The molecule has 0 bridgehead atoms. The molecule has 136 valence electrons. The predicted molar refractivity (Wildman–Crippen MR) is 97.0 cm³/mol. The normalized spacial score (nSPS) is 14.7. The van der Waals surface area contributed by atoms with E-state index in [1.807, 2.05) is 0 Å². The first-order valence-corrected chi connectivity index (χ1v) is 8.53. The average Bonchev–Trinajstić information content (AvgIpc) is 2.61. The summed E-state index contributed by atoms with van der Waals surface area (Å²) in [6, 6.07) is 9.41. The summed E-state index contributed by atoms with van der Waals surface area (Å²) >= 11 is 0. The van der Waals surface area contributed by atoms with Crippen LogP contribution in [0.3, 0.4) is 0 Å². The van der Waals surface area contributed by atoms with Crippen molar-refractivity contribution in [2.75, 3.05) is 18.4 Å². The zero-order chi connectivity index (χ0) is 18.9. The Morgan fingerprint density at radius 2 is 1.81 bits per heavy atom. The number of aliphatic hydroxyl groups is 1. The largest absolute Gasteiger partial charge is 0.384 e. The van der Waals surface area contributed by atoms with Crippen molar-refractivity contribution in [3.8, 4) is 0 Å². The van der Waals surface area contributed by atoms with Gasteiger partial charge in [-0.05, 0) is 35.9 Å². The number of anilines is 1. The minimum atomic E-state index is -1.16. The van der Waals surface area contributed by atoms with Crippen LogP contribution >= 0.6 is 0 Å². The molecule has 2 aromatic rings. The third-order valence-electron chi connectivity index (χ3n) is 4.21. The Morgan fingerprint density at radius 3 is 2.50 bits per heavy atom. The first-order chi connectivity index (χ1) is 12.3. The van der Waals surface area contributed by atoms with Crippen LogP contribution in [0.4, 0.5) is 10.1 Å². The van der Waals surface area contributed by atoms with Gasteiger partial charge in [0.1, 0.15) is 11.9 Å². The third-order valence-corrected chi connectivity index (χ3v) is 4.21. The van der Waals surface area contributed by atoms with Crippen molar-refractivity contribution < 1.29 is 14.3 Å². The Morgan fingerprint density at radius 1 is 1.12 bits per heavy atom. The number of amides is 1. The highest BCUT2D eigenvalue weighted by Gasteiger charge is 2.22. The Balaban J connectivity index is 1.93. The van der Waals surface area contributed by atoms with Crippen LogP contribution in [-0.4, -0.2) is 24.1 Å². The SMILES string of the molecule is CC(C)(C)C(=O)Nc1ccc(F)c(C(O)c2ccc3c(c2)=NCCN=3)c1. The molecule has 1 heterocycles. The standard InChI is InChI=1S/C20H22FN3O2/c1-20(2,3)19(26)24-13-5-6-15(21)14(11-13)18(25)12-4-7-16-17(10-12)23-9-8-22-16/h4-7,10-11,18,25H,8-9H2,1-3H3,(H,24,26). The number of rotatable bonds is 3. The molecule has 0 aliphatic carbocycles. The van der Waals surface area contributed by atoms with E-state index in [0.29, 0.717) is 29.7 Å². The monoisotopic (exact) mass is 355 g/mol. The van der Waals surface area contributed by atoms with Gasteiger partial charge >= 0.3 is 0 Å². The lowest BCUT2D eigenvalue weighted by Gasteiger charge is -2.19. The topological polar surface area (TPSA) is 74.0 Å². The molecular weight excluding hydrogens is 333 g/mol. The first kappa shape index (κ1) is 18.2. The maximum Gasteiger partial charge on any atom is 0.229 e. The lowest BCUT2D eigenvalue weighted by Crippen LogP contribution is -2.30. The van der Waals surface area contributed by atoms with Crippen LogP contribution in [0.25, 0.3) is 0 Å². The van der Waals surface area contributed by atoms with Gasteiger partial charge in [0.05, 0.1) is 23.8 Å². The minimum Gasteiger partial charge on any atom is -0.384 e. The van der Waals surface area contributed by atoms with Crippen LogP contribution in [0.2, 0.25) is 0 Å². The van der Waals surface area contributed by atoms with Gasteiger partial charge in [0, 0.05) is 16.7 Å². The fraction of sp³-hybridized carbons (Fsp3) is 0.350. The third kappa shape index (κ3) is 3.80. The van der Waals surface area contributed by atoms with Gasteiger partial charge in [0.15, 0.2) is 0 Å². The second kappa shape index (κ2) is 6.96. The lowest BCUT2D eigenvalue weighted by molar-refractivity contribution is -0.123. The van der Waals surface area contributed by atoms with Crippen LogP contribution in [0.1, 0.15) is 38.0 Å². The molecule has 0 saturated carbocycles. The van der Waals surface area contributed by atoms with E-state index in [2.05, 4.69) is 15.3 Å². The lowest BCUT2D eigenvalue weighted by atomic mass is 9.95. The summed E-state index contributed by atoms with van der Waals surface area (Å²) < 4.78 is 14.3. The highest BCUT2D eigenvalue weighted by molar-refractivity contribution is 5.94. The number of halogens is 1. The van der Waals surface area contributed by atoms with E-state index >= 15 is 0 Å². The molecule has 0 aromatic heterocycles. The van der Waals surface area contributed by atoms with Gasteiger partial charge in [-0.3, -0.25) is 14.8 Å². The van der Waals surface area contributed by atoms with Crippen LogP contribution < -0.4 is 16.0 Å². The Labute approximate surface area is 151 Å². The quantitative estimate of drug-likeness (QED) is 0.885. The molecule has 6 heteroatoms. The maximum absolute atomic E-state index is 14.3. The summed E-state index contributed by atoms with van der Waals surface area (Å²) in [6.07, 6.45) is -1.16. The zero-order valence-electron chi connectivity index (χ0n) is 15.1.